The summed E-state index contributed by atoms with van der Waals surface area (Å²) in [7, 11) is 3.92. The molecule has 0 aliphatic carbocycles. The summed E-state index contributed by atoms with van der Waals surface area (Å²) >= 11 is 2.56. The molecule has 2 N–H and O–H groups in total. The van der Waals surface area contributed by atoms with Crippen molar-refractivity contribution in [2.45, 2.75) is 5.16 Å². The summed E-state index contributed by atoms with van der Waals surface area (Å²) in [4.78, 5) is 32.9. The number of benzene rings is 1. The van der Waals surface area contributed by atoms with Gasteiger partial charge in [0, 0.05) is 25.5 Å². The average Bonchev–Trinajstić information content (AvgIpc) is 3.02. The summed E-state index contributed by atoms with van der Waals surface area (Å²) in [5.41, 5.74) is 2.29. The summed E-state index contributed by atoms with van der Waals surface area (Å²) in [5, 5.41) is 5.10. The topological polar surface area (TPSA) is 78.1 Å². The molecule has 2 heterocycles. The third-order valence-electron chi connectivity index (χ3n) is 3.30. The SMILES string of the molecule is CN(C)c1ccc(NC(=O)CSc2nc3ccsc3c(=O)[nH]2)cc1. The van der Waals surface area contributed by atoms with Crippen LogP contribution in [0.3, 0.4) is 0 Å². The standard InChI is InChI=1S/C16H16N4O2S2/c1-20(2)11-5-3-10(4-6-11)17-13(21)9-24-16-18-12-7-8-23-14(12)15(22)19-16/h3-8H,9H2,1-2H3,(H,17,21)(H,18,19,22). The molecule has 0 saturated heterocycles. The highest BCUT2D eigenvalue weighted by atomic mass is 32.2. The Morgan fingerprint density at radius 2 is 2.04 bits per heavy atom. The number of aromatic amines is 1. The number of thioether (sulfide) groups is 1. The number of nitrogens with one attached hydrogen (secondary N) is 2. The van der Waals surface area contributed by atoms with Gasteiger partial charge in [-0.15, -0.1) is 11.3 Å². The zero-order valence-electron chi connectivity index (χ0n) is 13.2. The van der Waals surface area contributed by atoms with Crippen molar-refractivity contribution in [2.75, 3.05) is 30.1 Å². The van der Waals surface area contributed by atoms with Crippen LogP contribution in [0.1, 0.15) is 0 Å². The molecule has 1 aromatic carbocycles. The van der Waals surface area contributed by atoms with Crippen LogP contribution in [-0.2, 0) is 4.79 Å². The lowest BCUT2D eigenvalue weighted by Gasteiger charge is -2.13. The van der Waals surface area contributed by atoms with Crippen molar-refractivity contribution >= 4 is 50.6 Å². The molecule has 0 aliphatic heterocycles. The Bertz CT molecular complexity index is 916. The van der Waals surface area contributed by atoms with Gasteiger partial charge in [-0.1, -0.05) is 11.8 Å². The molecule has 0 fully saturated rings. The monoisotopic (exact) mass is 360 g/mol. The van der Waals surface area contributed by atoms with Crippen LogP contribution in [0.4, 0.5) is 11.4 Å². The van der Waals surface area contributed by atoms with Crippen molar-refractivity contribution < 1.29 is 4.79 Å². The molecule has 6 nitrogen and oxygen atoms in total. The maximum absolute atomic E-state index is 12.0. The average molecular weight is 360 g/mol. The van der Waals surface area contributed by atoms with Crippen LogP contribution in [0.25, 0.3) is 10.2 Å². The maximum atomic E-state index is 12.0. The molecule has 3 aromatic rings. The number of thiophene rings is 1. The highest BCUT2D eigenvalue weighted by molar-refractivity contribution is 7.99. The van der Waals surface area contributed by atoms with Gasteiger partial charge in [0.05, 0.1) is 11.3 Å². The first-order chi connectivity index (χ1) is 11.5. The van der Waals surface area contributed by atoms with Crippen LogP contribution in [0, 0.1) is 0 Å². The van der Waals surface area contributed by atoms with E-state index in [1.807, 2.05) is 48.6 Å². The van der Waals surface area contributed by atoms with E-state index in [1.165, 1.54) is 23.1 Å². The van der Waals surface area contributed by atoms with Crippen molar-refractivity contribution in [3.8, 4) is 0 Å². The van der Waals surface area contributed by atoms with Gasteiger partial charge < -0.3 is 15.2 Å². The van der Waals surface area contributed by atoms with E-state index in [9.17, 15) is 9.59 Å². The summed E-state index contributed by atoms with van der Waals surface area (Å²) < 4.78 is 0.602. The number of fused-ring (bicyclic) bond motifs is 1. The Morgan fingerprint density at radius 1 is 1.29 bits per heavy atom. The Labute approximate surface area is 146 Å². The van der Waals surface area contributed by atoms with E-state index in [0.29, 0.717) is 15.4 Å². The van der Waals surface area contributed by atoms with Gasteiger partial charge in [-0.2, -0.15) is 0 Å². The molecule has 124 valence electrons. The third-order valence-corrected chi connectivity index (χ3v) is 5.08. The number of hydrogen-bond donors (Lipinski definition) is 2. The lowest BCUT2D eigenvalue weighted by Crippen LogP contribution is -2.15. The summed E-state index contributed by atoms with van der Waals surface area (Å²) in [6.45, 7) is 0. The summed E-state index contributed by atoms with van der Waals surface area (Å²) in [6.07, 6.45) is 0. The minimum atomic E-state index is -0.169. The molecule has 0 unspecified atom stereocenters. The molecule has 2 aromatic heterocycles. The number of anilines is 2. The molecule has 0 saturated carbocycles. The minimum Gasteiger partial charge on any atom is -0.378 e. The number of carbonyl (C=O) groups excluding carboxylic acids is 1. The van der Waals surface area contributed by atoms with Crippen LogP contribution < -0.4 is 15.8 Å². The highest BCUT2D eigenvalue weighted by Gasteiger charge is 2.08. The molecule has 8 heteroatoms. The van der Waals surface area contributed by atoms with Crippen molar-refractivity contribution in [2.24, 2.45) is 0 Å². The summed E-state index contributed by atoms with van der Waals surface area (Å²) in [5.74, 6) is 0.0271. The second-order valence-corrected chi connectivity index (χ2v) is 7.16. The van der Waals surface area contributed by atoms with Crippen LogP contribution in [0.15, 0.2) is 45.7 Å². The molecule has 0 aliphatic rings. The maximum Gasteiger partial charge on any atom is 0.269 e. The quantitative estimate of drug-likeness (QED) is 0.540. The van der Waals surface area contributed by atoms with Gasteiger partial charge in [-0.3, -0.25) is 9.59 Å². The number of amides is 1. The second kappa shape index (κ2) is 7.06. The zero-order valence-corrected chi connectivity index (χ0v) is 14.8. The van der Waals surface area contributed by atoms with Gasteiger partial charge >= 0.3 is 0 Å². The first kappa shape index (κ1) is 16.5. The molecule has 1 amide bonds. The minimum absolute atomic E-state index is 0.148. The smallest absolute Gasteiger partial charge is 0.269 e. The molecule has 0 spiro atoms. The highest BCUT2D eigenvalue weighted by Crippen LogP contribution is 2.19. The number of rotatable bonds is 5. The van der Waals surface area contributed by atoms with Crippen molar-refractivity contribution in [3.05, 3.63) is 46.1 Å². The van der Waals surface area contributed by atoms with E-state index in [4.69, 9.17) is 0 Å². The van der Waals surface area contributed by atoms with Crippen LogP contribution in [0.2, 0.25) is 0 Å². The number of H-pyrrole nitrogens is 1. The van der Waals surface area contributed by atoms with Crippen LogP contribution in [0.5, 0.6) is 0 Å². The predicted octanol–water partition coefficient (Wildman–Crippen LogP) is 2.78. The van der Waals surface area contributed by atoms with Crippen molar-refractivity contribution in [1.82, 2.24) is 9.97 Å². The van der Waals surface area contributed by atoms with E-state index in [0.717, 1.165) is 11.4 Å². The number of carbonyl (C=O) groups is 1. The van der Waals surface area contributed by atoms with Gasteiger partial charge in [-0.25, -0.2) is 4.98 Å². The van der Waals surface area contributed by atoms with E-state index in [1.54, 1.807) is 6.07 Å². The van der Waals surface area contributed by atoms with Crippen LogP contribution >= 0.6 is 23.1 Å². The Morgan fingerprint density at radius 3 is 2.75 bits per heavy atom. The van der Waals surface area contributed by atoms with Gasteiger partial charge in [0.25, 0.3) is 5.56 Å². The van der Waals surface area contributed by atoms with Gasteiger partial charge in [0.15, 0.2) is 5.16 Å². The van der Waals surface area contributed by atoms with Gasteiger partial charge in [0.1, 0.15) is 4.70 Å². The van der Waals surface area contributed by atoms with Crippen molar-refractivity contribution in [1.29, 1.82) is 0 Å². The van der Waals surface area contributed by atoms with Gasteiger partial charge in [0.2, 0.25) is 5.91 Å². The lowest BCUT2D eigenvalue weighted by atomic mass is 10.2. The second-order valence-electron chi connectivity index (χ2n) is 5.28. The van der Waals surface area contributed by atoms with E-state index in [-0.39, 0.29) is 17.2 Å². The molecule has 0 bridgehead atoms. The van der Waals surface area contributed by atoms with Crippen LogP contribution in [-0.4, -0.2) is 35.7 Å². The number of hydrogen-bond acceptors (Lipinski definition) is 6. The molecular formula is C16H16N4O2S2. The molecule has 0 atom stereocenters. The first-order valence-corrected chi connectivity index (χ1v) is 9.07. The van der Waals surface area contributed by atoms with Gasteiger partial charge in [-0.05, 0) is 35.7 Å². The Hall–Kier alpha value is -2.32. The third kappa shape index (κ3) is 3.77. The van der Waals surface area contributed by atoms with Crippen molar-refractivity contribution in [3.63, 3.8) is 0 Å². The first-order valence-electron chi connectivity index (χ1n) is 7.20. The fraction of sp³-hybridized carbons (Fsp3) is 0.188. The normalized spacial score (nSPS) is 10.8. The fourth-order valence-electron chi connectivity index (χ4n) is 2.09. The van der Waals surface area contributed by atoms with E-state index < -0.39 is 0 Å². The fourth-order valence-corrected chi connectivity index (χ4v) is 3.49. The van der Waals surface area contributed by atoms with E-state index in [2.05, 4.69) is 15.3 Å². The molecular weight excluding hydrogens is 344 g/mol. The number of aromatic nitrogens is 2. The largest absolute Gasteiger partial charge is 0.378 e. The lowest BCUT2D eigenvalue weighted by molar-refractivity contribution is -0.113. The van der Waals surface area contributed by atoms with E-state index >= 15 is 0 Å². The predicted molar refractivity (Wildman–Crippen MR) is 100 cm³/mol. The molecule has 24 heavy (non-hydrogen) atoms. The Kier molecular flexibility index (Phi) is 4.86. The Balaban J connectivity index is 1.61. The zero-order chi connectivity index (χ0) is 17.1. The molecule has 3 rings (SSSR count). The number of nitrogens with zero attached hydrogens (tertiary/aromatic N) is 2. The summed E-state index contributed by atoms with van der Waals surface area (Å²) in [6, 6.07) is 9.38. The molecule has 0 radical (unpaired) electrons.